The molecular formula is C15H20N2O. The molecule has 0 aromatic heterocycles. The normalized spacial score (nSPS) is 21.1. The largest absolute Gasteiger partial charge is 0.399 e. The van der Waals surface area contributed by atoms with Gasteiger partial charge in [-0.15, -0.1) is 0 Å². The summed E-state index contributed by atoms with van der Waals surface area (Å²) in [6.45, 7) is 2.94. The predicted octanol–water partition coefficient (Wildman–Crippen LogP) is 2.74. The molecule has 2 aliphatic rings. The topological polar surface area (TPSA) is 46.3 Å². The van der Waals surface area contributed by atoms with Crippen molar-refractivity contribution in [2.75, 3.05) is 17.2 Å². The molecule has 1 saturated carbocycles. The molecule has 0 atom stereocenters. The Morgan fingerprint density at radius 2 is 2.06 bits per heavy atom. The highest BCUT2D eigenvalue weighted by Gasteiger charge is 2.41. The third-order valence-corrected chi connectivity index (χ3v) is 4.47. The van der Waals surface area contributed by atoms with Gasteiger partial charge in [0, 0.05) is 23.3 Å². The number of carbonyl (C=O) groups is 1. The summed E-state index contributed by atoms with van der Waals surface area (Å²) in [4.78, 5) is 14.7. The second-order valence-electron chi connectivity index (χ2n) is 5.86. The van der Waals surface area contributed by atoms with E-state index in [1.807, 2.05) is 23.1 Å². The fraction of sp³-hybridized carbons (Fsp3) is 0.533. The lowest BCUT2D eigenvalue weighted by Crippen LogP contribution is -2.40. The van der Waals surface area contributed by atoms with Crippen LogP contribution in [0.1, 0.15) is 38.2 Å². The van der Waals surface area contributed by atoms with E-state index in [0.717, 1.165) is 37.2 Å². The molecule has 1 aliphatic carbocycles. The van der Waals surface area contributed by atoms with Gasteiger partial charge in [0.15, 0.2) is 0 Å². The van der Waals surface area contributed by atoms with Crippen molar-refractivity contribution in [3.63, 3.8) is 0 Å². The Morgan fingerprint density at radius 3 is 2.78 bits per heavy atom. The molecule has 96 valence electrons. The molecule has 1 aromatic rings. The van der Waals surface area contributed by atoms with Gasteiger partial charge < -0.3 is 10.6 Å². The van der Waals surface area contributed by atoms with Gasteiger partial charge in [0.25, 0.3) is 0 Å². The summed E-state index contributed by atoms with van der Waals surface area (Å²) in [6.07, 6.45) is 5.37. The first-order valence-electron chi connectivity index (χ1n) is 6.80. The monoisotopic (exact) mass is 244 g/mol. The van der Waals surface area contributed by atoms with Gasteiger partial charge in [-0.1, -0.05) is 19.8 Å². The fourth-order valence-corrected chi connectivity index (χ4v) is 3.33. The van der Waals surface area contributed by atoms with E-state index in [0.29, 0.717) is 5.91 Å². The molecule has 1 aliphatic heterocycles. The van der Waals surface area contributed by atoms with E-state index in [1.165, 1.54) is 18.4 Å². The summed E-state index contributed by atoms with van der Waals surface area (Å²) >= 11 is 0. The van der Waals surface area contributed by atoms with E-state index in [9.17, 15) is 4.79 Å². The second kappa shape index (κ2) is 4.01. The number of carbonyl (C=O) groups excluding carboxylic acids is 1. The van der Waals surface area contributed by atoms with Gasteiger partial charge in [-0.3, -0.25) is 4.79 Å². The highest BCUT2D eigenvalue weighted by Crippen LogP contribution is 2.42. The third kappa shape index (κ3) is 1.69. The first-order valence-corrected chi connectivity index (χ1v) is 6.80. The number of hydrogen-bond acceptors (Lipinski definition) is 2. The van der Waals surface area contributed by atoms with Gasteiger partial charge >= 0.3 is 0 Å². The van der Waals surface area contributed by atoms with Crippen LogP contribution in [-0.2, 0) is 11.2 Å². The maximum Gasteiger partial charge on any atom is 0.232 e. The molecule has 0 radical (unpaired) electrons. The summed E-state index contributed by atoms with van der Waals surface area (Å²) in [7, 11) is 0. The van der Waals surface area contributed by atoms with Crippen molar-refractivity contribution in [1.82, 2.24) is 0 Å². The zero-order valence-corrected chi connectivity index (χ0v) is 10.9. The maximum absolute atomic E-state index is 12.7. The Bertz CT molecular complexity index is 489. The summed E-state index contributed by atoms with van der Waals surface area (Å²) in [5.41, 5.74) is 8.73. The molecule has 18 heavy (non-hydrogen) atoms. The van der Waals surface area contributed by atoms with Gasteiger partial charge in [0.2, 0.25) is 5.91 Å². The molecule has 0 unspecified atom stereocenters. The van der Waals surface area contributed by atoms with Crippen molar-refractivity contribution in [2.45, 2.75) is 39.0 Å². The first-order chi connectivity index (χ1) is 8.60. The fourth-order valence-electron chi connectivity index (χ4n) is 3.33. The predicted molar refractivity (Wildman–Crippen MR) is 73.5 cm³/mol. The minimum atomic E-state index is -0.136. The summed E-state index contributed by atoms with van der Waals surface area (Å²) in [6, 6.07) is 5.88. The van der Waals surface area contributed by atoms with Crippen molar-refractivity contribution < 1.29 is 4.79 Å². The second-order valence-corrected chi connectivity index (χ2v) is 5.86. The molecule has 3 rings (SSSR count). The van der Waals surface area contributed by atoms with Crippen molar-refractivity contribution in [3.05, 3.63) is 23.8 Å². The molecule has 1 amide bonds. The van der Waals surface area contributed by atoms with Crippen LogP contribution in [0.3, 0.4) is 0 Å². The Hall–Kier alpha value is -1.51. The summed E-state index contributed by atoms with van der Waals surface area (Å²) < 4.78 is 0. The van der Waals surface area contributed by atoms with Gasteiger partial charge in [-0.05, 0) is 43.0 Å². The van der Waals surface area contributed by atoms with Crippen LogP contribution in [0.15, 0.2) is 18.2 Å². The van der Waals surface area contributed by atoms with E-state index in [1.54, 1.807) is 0 Å². The SMILES string of the molecule is CC1(C(=O)N2CCc3cc(N)ccc32)CCCC1. The van der Waals surface area contributed by atoms with E-state index in [4.69, 9.17) is 5.73 Å². The Kier molecular flexibility index (Phi) is 2.58. The number of benzene rings is 1. The summed E-state index contributed by atoms with van der Waals surface area (Å²) in [5.74, 6) is 0.309. The minimum absolute atomic E-state index is 0.136. The van der Waals surface area contributed by atoms with Crippen LogP contribution in [0.2, 0.25) is 0 Å². The van der Waals surface area contributed by atoms with Crippen LogP contribution in [0, 0.1) is 5.41 Å². The van der Waals surface area contributed by atoms with Crippen LogP contribution in [-0.4, -0.2) is 12.5 Å². The van der Waals surface area contributed by atoms with Crippen LogP contribution in [0.4, 0.5) is 11.4 Å². The van der Waals surface area contributed by atoms with Gasteiger partial charge in [0.05, 0.1) is 0 Å². The number of nitrogen functional groups attached to an aromatic ring is 1. The number of rotatable bonds is 1. The number of anilines is 2. The Morgan fingerprint density at radius 1 is 1.33 bits per heavy atom. The molecule has 0 bridgehead atoms. The Balaban J connectivity index is 1.90. The highest BCUT2D eigenvalue weighted by atomic mass is 16.2. The van der Waals surface area contributed by atoms with Crippen LogP contribution in [0.25, 0.3) is 0 Å². The standard InChI is InChI=1S/C15H20N2O/c1-15(7-2-3-8-15)14(18)17-9-6-11-10-12(16)4-5-13(11)17/h4-5,10H,2-3,6-9,16H2,1H3. The van der Waals surface area contributed by atoms with Crippen molar-refractivity contribution >= 4 is 17.3 Å². The minimum Gasteiger partial charge on any atom is -0.399 e. The molecule has 0 spiro atoms. The van der Waals surface area contributed by atoms with E-state index >= 15 is 0 Å². The molecule has 0 saturated heterocycles. The van der Waals surface area contributed by atoms with Gasteiger partial charge in [-0.25, -0.2) is 0 Å². The van der Waals surface area contributed by atoms with Crippen molar-refractivity contribution in [2.24, 2.45) is 5.41 Å². The van der Waals surface area contributed by atoms with E-state index in [-0.39, 0.29) is 5.41 Å². The van der Waals surface area contributed by atoms with Crippen LogP contribution < -0.4 is 10.6 Å². The van der Waals surface area contributed by atoms with Crippen LogP contribution in [0.5, 0.6) is 0 Å². The molecule has 1 aromatic carbocycles. The van der Waals surface area contributed by atoms with Gasteiger partial charge in [-0.2, -0.15) is 0 Å². The lowest BCUT2D eigenvalue weighted by molar-refractivity contribution is -0.127. The molecular weight excluding hydrogens is 224 g/mol. The maximum atomic E-state index is 12.7. The highest BCUT2D eigenvalue weighted by molar-refractivity contribution is 5.99. The molecule has 2 N–H and O–H groups in total. The molecule has 1 heterocycles. The number of nitrogens with zero attached hydrogens (tertiary/aromatic N) is 1. The van der Waals surface area contributed by atoms with E-state index in [2.05, 4.69) is 6.92 Å². The number of amides is 1. The van der Waals surface area contributed by atoms with Crippen LogP contribution >= 0.6 is 0 Å². The first kappa shape index (κ1) is 11.6. The quantitative estimate of drug-likeness (QED) is 0.772. The number of hydrogen-bond donors (Lipinski definition) is 1. The molecule has 1 fully saturated rings. The zero-order valence-electron chi connectivity index (χ0n) is 10.9. The zero-order chi connectivity index (χ0) is 12.8. The van der Waals surface area contributed by atoms with Crippen molar-refractivity contribution in [3.8, 4) is 0 Å². The average Bonchev–Trinajstić information content (AvgIpc) is 2.95. The Labute approximate surface area is 108 Å². The third-order valence-electron chi connectivity index (χ3n) is 4.47. The summed E-state index contributed by atoms with van der Waals surface area (Å²) in [5, 5.41) is 0. The average molecular weight is 244 g/mol. The molecule has 3 nitrogen and oxygen atoms in total. The smallest absolute Gasteiger partial charge is 0.232 e. The van der Waals surface area contributed by atoms with Gasteiger partial charge in [0.1, 0.15) is 0 Å². The lowest BCUT2D eigenvalue weighted by Gasteiger charge is -2.29. The lowest BCUT2D eigenvalue weighted by atomic mass is 9.87. The number of fused-ring (bicyclic) bond motifs is 1. The molecule has 3 heteroatoms. The van der Waals surface area contributed by atoms with E-state index < -0.39 is 0 Å². The number of nitrogens with two attached hydrogens (primary N) is 1. The van der Waals surface area contributed by atoms with Crippen molar-refractivity contribution in [1.29, 1.82) is 0 Å².